The molecule has 7 nitrogen and oxygen atoms in total. The van der Waals surface area contributed by atoms with Crippen molar-refractivity contribution in [3.8, 4) is 10.4 Å². The van der Waals surface area contributed by atoms with E-state index in [2.05, 4.69) is 10.3 Å². The summed E-state index contributed by atoms with van der Waals surface area (Å²) in [6, 6.07) is 9.41. The maximum atomic E-state index is 12.5. The molecule has 0 atom stereocenters. The van der Waals surface area contributed by atoms with E-state index < -0.39 is 11.6 Å². The minimum atomic E-state index is -1.02. The number of aromatic nitrogens is 1. The van der Waals surface area contributed by atoms with Crippen molar-refractivity contribution in [2.75, 3.05) is 18.8 Å². The number of nitrogens with two attached hydrogens (primary N) is 1. The minimum Gasteiger partial charge on any atom is -0.465 e. The number of thiazole rings is 1. The number of hydrogen-bond acceptors (Lipinski definition) is 5. The Morgan fingerprint density at radius 3 is 2.48 bits per heavy atom. The molecule has 0 spiro atoms. The normalized spacial score (nSPS) is 11.2. The predicted molar refractivity (Wildman–Crippen MR) is 98.8 cm³/mol. The number of carbonyl (C=O) groups excluding carboxylic acids is 1. The fraction of sp³-hybridized carbons (Fsp3) is 0.353. The van der Waals surface area contributed by atoms with Gasteiger partial charge < -0.3 is 21.1 Å². The lowest BCUT2D eigenvalue weighted by atomic mass is 10.1. The van der Waals surface area contributed by atoms with Gasteiger partial charge in [-0.05, 0) is 26.3 Å². The molecule has 8 heteroatoms. The van der Waals surface area contributed by atoms with Crippen LogP contribution in [0.15, 0.2) is 30.3 Å². The zero-order valence-corrected chi connectivity index (χ0v) is 15.3. The lowest BCUT2D eigenvalue weighted by molar-refractivity contribution is 0.0889. The summed E-state index contributed by atoms with van der Waals surface area (Å²) in [7, 11) is 0. The highest BCUT2D eigenvalue weighted by Crippen LogP contribution is 2.31. The Balaban J connectivity index is 2.08. The molecule has 2 aromatic rings. The van der Waals surface area contributed by atoms with Gasteiger partial charge in [-0.15, -0.1) is 0 Å². The standard InChI is InChI=1S/C17H22N4O3S/c1-17(2,3)21(16(23)24)10-9-19-14(22)12-13(25-15(18)20-12)11-7-5-4-6-8-11/h4-8H,9-10H2,1-3H3,(H2,18,20)(H,19,22)(H,23,24). The molecular formula is C17H22N4O3S. The molecule has 2 amide bonds. The number of carbonyl (C=O) groups is 2. The van der Waals surface area contributed by atoms with Crippen LogP contribution in [0, 0.1) is 0 Å². The Kier molecular flexibility index (Phi) is 5.63. The quantitative estimate of drug-likeness (QED) is 0.758. The van der Waals surface area contributed by atoms with Crippen LogP contribution in [-0.2, 0) is 0 Å². The first kappa shape index (κ1) is 18.7. The number of carboxylic acid groups (broad SMARTS) is 1. The average molecular weight is 362 g/mol. The van der Waals surface area contributed by atoms with E-state index in [9.17, 15) is 14.7 Å². The van der Waals surface area contributed by atoms with Crippen LogP contribution in [0.3, 0.4) is 0 Å². The summed E-state index contributed by atoms with van der Waals surface area (Å²) < 4.78 is 0. The van der Waals surface area contributed by atoms with Crippen LogP contribution in [0.5, 0.6) is 0 Å². The van der Waals surface area contributed by atoms with Crippen molar-refractivity contribution in [2.45, 2.75) is 26.3 Å². The summed E-state index contributed by atoms with van der Waals surface area (Å²) in [4.78, 5) is 29.9. The Morgan fingerprint density at radius 2 is 1.92 bits per heavy atom. The Morgan fingerprint density at radius 1 is 1.28 bits per heavy atom. The molecule has 0 fully saturated rings. The van der Waals surface area contributed by atoms with Gasteiger partial charge in [-0.1, -0.05) is 41.7 Å². The van der Waals surface area contributed by atoms with Gasteiger partial charge in [-0.2, -0.15) is 0 Å². The summed E-state index contributed by atoms with van der Waals surface area (Å²) in [5.41, 5.74) is 6.35. The third-order valence-electron chi connectivity index (χ3n) is 3.56. The van der Waals surface area contributed by atoms with Crippen LogP contribution in [0.2, 0.25) is 0 Å². The van der Waals surface area contributed by atoms with Gasteiger partial charge in [0.1, 0.15) is 5.69 Å². The Labute approximate surface area is 150 Å². The molecule has 4 N–H and O–H groups in total. The second kappa shape index (κ2) is 7.52. The van der Waals surface area contributed by atoms with E-state index in [1.807, 2.05) is 30.3 Å². The molecule has 0 unspecified atom stereocenters. The van der Waals surface area contributed by atoms with Crippen molar-refractivity contribution in [1.82, 2.24) is 15.2 Å². The monoisotopic (exact) mass is 362 g/mol. The van der Waals surface area contributed by atoms with E-state index in [4.69, 9.17) is 5.73 Å². The van der Waals surface area contributed by atoms with E-state index in [0.29, 0.717) is 10.0 Å². The fourth-order valence-electron chi connectivity index (χ4n) is 2.36. The van der Waals surface area contributed by atoms with Crippen molar-refractivity contribution in [3.05, 3.63) is 36.0 Å². The highest BCUT2D eigenvalue weighted by atomic mass is 32.1. The molecule has 1 aromatic heterocycles. The van der Waals surface area contributed by atoms with Crippen molar-refractivity contribution in [1.29, 1.82) is 0 Å². The summed E-state index contributed by atoms with van der Waals surface area (Å²) in [6.45, 7) is 5.78. The molecule has 0 radical (unpaired) electrons. The molecule has 134 valence electrons. The fourth-order valence-corrected chi connectivity index (χ4v) is 3.19. The smallest absolute Gasteiger partial charge is 0.407 e. The first-order valence-electron chi connectivity index (χ1n) is 7.80. The maximum Gasteiger partial charge on any atom is 0.407 e. The second-order valence-electron chi connectivity index (χ2n) is 6.46. The summed E-state index contributed by atoms with van der Waals surface area (Å²) in [5.74, 6) is -0.369. The van der Waals surface area contributed by atoms with E-state index in [-0.39, 0.29) is 24.7 Å². The van der Waals surface area contributed by atoms with Crippen molar-refractivity contribution >= 4 is 28.5 Å². The number of amides is 2. The molecule has 0 saturated carbocycles. The number of nitrogens with zero attached hydrogens (tertiary/aromatic N) is 2. The van der Waals surface area contributed by atoms with Gasteiger partial charge in [0.2, 0.25) is 0 Å². The molecule has 0 saturated heterocycles. The molecule has 0 aliphatic heterocycles. The number of nitrogens with one attached hydrogen (secondary N) is 1. The number of anilines is 1. The molecule has 0 aliphatic carbocycles. The van der Waals surface area contributed by atoms with Crippen molar-refractivity contribution in [3.63, 3.8) is 0 Å². The van der Waals surface area contributed by atoms with Crippen LogP contribution in [0.25, 0.3) is 10.4 Å². The van der Waals surface area contributed by atoms with Gasteiger partial charge in [0.25, 0.3) is 5.91 Å². The average Bonchev–Trinajstić information content (AvgIpc) is 2.92. The molecular weight excluding hydrogens is 340 g/mol. The minimum absolute atomic E-state index is 0.185. The molecule has 1 heterocycles. The van der Waals surface area contributed by atoms with Gasteiger partial charge in [0, 0.05) is 18.6 Å². The van der Waals surface area contributed by atoms with Crippen LogP contribution >= 0.6 is 11.3 Å². The maximum absolute atomic E-state index is 12.5. The largest absolute Gasteiger partial charge is 0.465 e. The van der Waals surface area contributed by atoms with Gasteiger partial charge in [0.05, 0.1) is 4.88 Å². The highest BCUT2D eigenvalue weighted by Gasteiger charge is 2.26. The third-order valence-corrected chi connectivity index (χ3v) is 4.49. The molecule has 0 aliphatic rings. The Bertz CT molecular complexity index is 753. The number of hydrogen-bond donors (Lipinski definition) is 3. The van der Waals surface area contributed by atoms with Crippen LogP contribution < -0.4 is 11.1 Å². The molecule has 0 bridgehead atoms. The van der Waals surface area contributed by atoms with Crippen LogP contribution in [0.4, 0.5) is 9.93 Å². The molecule has 2 rings (SSSR count). The van der Waals surface area contributed by atoms with Gasteiger partial charge >= 0.3 is 6.09 Å². The van der Waals surface area contributed by atoms with Crippen molar-refractivity contribution < 1.29 is 14.7 Å². The van der Waals surface area contributed by atoms with Crippen LogP contribution in [-0.4, -0.2) is 45.6 Å². The number of benzene rings is 1. The second-order valence-corrected chi connectivity index (χ2v) is 7.49. The summed E-state index contributed by atoms with van der Waals surface area (Å²) in [6.07, 6.45) is -1.02. The van der Waals surface area contributed by atoms with E-state index >= 15 is 0 Å². The highest BCUT2D eigenvalue weighted by molar-refractivity contribution is 7.19. The molecule has 1 aromatic carbocycles. The first-order chi connectivity index (χ1) is 11.7. The van der Waals surface area contributed by atoms with Gasteiger partial charge in [-0.25, -0.2) is 9.78 Å². The van der Waals surface area contributed by atoms with Crippen LogP contribution in [0.1, 0.15) is 31.3 Å². The zero-order chi connectivity index (χ0) is 18.6. The lowest BCUT2D eigenvalue weighted by Gasteiger charge is -2.33. The SMILES string of the molecule is CC(C)(C)N(CCNC(=O)c1nc(N)sc1-c1ccccc1)C(=O)O. The van der Waals surface area contributed by atoms with E-state index in [1.165, 1.54) is 16.2 Å². The lowest BCUT2D eigenvalue weighted by Crippen LogP contribution is -2.48. The van der Waals surface area contributed by atoms with Crippen molar-refractivity contribution in [2.24, 2.45) is 0 Å². The summed E-state index contributed by atoms with van der Waals surface area (Å²) >= 11 is 1.25. The Hall–Kier alpha value is -2.61. The first-order valence-corrected chi connectivity index (χ1v) is 8.62. The predicted octanol–water partition coefficient (Wildman–Crippen LogP) is 2.90. The zero-order valence-electron chi connectivity index (χ0n) is 14.4. The van der Waals surface area contributed by atoms with E-state index in [1.54, 1.807) is 20.8 Å². The van der Waals surface area contributed by atoms with Gasteiger partial charge in [0.15, 0.2) is 5.13 Å². The number of nitrogen functional groups attached to an aromatic ring is 1. The third kappa shape index (κ3) is 4.69. The topological polar surface area (TPSA) is 109 Å². The van der Waals surface area contributed by atoms with E-state index in [0.717, 1.165) is 5.56 Å². The summed E-state index contributed by atoms with van der Waals surface area (Å²) in [5, 5.41) is 12.3. The molecule has 25 heavy (non-hydrogen) atoms. The van der Waals surface area contributed by atoms with Gasteiger partial charge in [-0.3, -0.25) is 4.79 Å². The number of rotatable bonds is 5.